The standard InChI is InChI=1S/C12H27N/c1-6-12(5,11(3)4)9-8-10-13-7-2/h11,13H,6-10H2,1-5H3. The molecular formula is C12H27N. The second-order valence-corrected chi connectivity index (χ2v) is 4.62. The van der Waals surface area contributed by atoms with E-state index in [1.807, 2.05) is 0 Å². The fourth-order valence-electron chi connectivity index (χ4n) is 1.67. The first-order chi connectivity index (χ1) is 6.06. The van der Waals surface area contributed by atoms with E-state index in [0.29, 0.717) is 5.41 Å². The monoisotopic (exact) mass is 185 g/mol. The molecule has 1 atom stereocenters. The van der Waals surface area contributed by atoms with Gasteiger partial charge in [0.05, 0.1) is 0 Å². The summed E-state index contributed by atoms with van der Waals surface area (Å²) in [5.74, 6) is 0.805. The van der Waals surface area contributed by atoms with Gasteiger partial charge < -0.3 is 5.32 Å². The fraction of sp³-hybridized carbons (Fsp3) is 1.00. The lowest BCUT2D eigenvalue weighted by atomic mass is 9.73. The van der Waals surface area contributed by atoms with E-state index in [0.717, 1.165) is 12.5 Å². The third-order valence-corrected chi connectivity index (χ3v) is 3.55. The molecule has 0 aromatic heterocycles. The maximum Gasteiger partial charge on any atom is -0.00488 e. The molecule has 0 heterocycles. The Morgan fingerprint density at radius 1 is 1.23 bits per heavy atom. The Balaban J connectivity index is 3.71. The SMILES string of the molecule is CCNCCCC(C)(CC)C(C)C. The van der Waals surface area contributed by atoms with E-state index in [9.17, 15) is 0 Å². The van der Waals surface area contributed by atoms with Gasteiger partial charge in [-0.1, -0.05) is 41.0 Å². The molecule has 0 rings (SSSR count). The van der Waals surface area contributed by atoms with E-state index < -0.39 is 0 Å². The molecule has 13 heavy (non-hydrogen) atoms. The van der Waals surface area contributed by atoms with Crippen molar-refractivity contribution in [1.82, 2.24) is 5.32 Å². The summed E-state index contributed by atoms with van der Waals surface area (Å²) in [6.45, 7) is 13.9. The summed E-state index contributed by atoms with van der Waals surface area (Å²) in [6, 6.07) is 0. The van der Waals surface area contributed by atoms with Crippen LogP contribution >= 0.6 is 0 Å². The van der Waals surface area contributed by atoms with Gasteiger partial charge in [0.15, 0.2) is 0 Å². The molecule has 0 aromatic rings. The van der Waals surface area contributed by atoms with E-state index in [-0.39, 0.29) is 0 Å². The van der Waals surface area contributed by atoms with Gasteiger partial charge >= 0.3 is 0 Å². The summed E-state index contributed by atoms with van der Waals surface area (Å²) < 4.78 is 0. The molecule has 0 aliphatic rings. The summed E-state index contributed by atoms with van der Waals surface area (Å²) in [7, 11) is 0. The lowest BCUT2D eigenvalue weighted by Crippen LogP contribution is -2.24. The molecule has 0 radical (unpaired) electrons. The topological polar surface area (TPSA) is 12.0 Å². The zero-order chi connectivity index (χ0) is 10.3. The highest BCUT2D eigenvalue weighted by Gasteiger charge is 2.24. The van der Waals surface area contributed by atoms with Gasteiger partial charge in [-0.15, -0.1) is 0 Å². The van der Waals surface area contributed by atoms with Crippen molar-refractivity contribution in [3.63, 3.8) is 0 Å². The molecule has 1 N–H and O–H groups in total. The molecule has 1 nitrogen and oxygen atoms in total. The molecule has 0 aliphatic carbocycles. The molecule has 0 bridgehead atoms. The third-order valence-electron chi connectivity index (χ3n) is 3.55. The zero-order valence-electron chi connectivity index (χ0n) is 10.1. The van der Waals surface area contributed by atoms with Crippen LogP contribution in [-0.2, 0) is 0 Å². The van der Waals surface area contributed by atoms with Crippen LogP contribution < -0.4 is 5.32 Å². The highest BCUT2D eigenvalue weighted by atomic mass is 14.8. The molecule has 0 saturated heterocycles. The van der Waals surface area contributed by atoms with E-state index >= 15 is 0 Å². The van der Waals surface area contributed by atoms with Gasteiger partial charge in [0.25, 0.3) is 0 Å². The Hall–Kier alpha value is -0.0400. The van der Waals surface area contributed by atoms with Crippen molar-refractivity contribution in [3.8, 4) is 0 Å². The minimum atomic E-state index is 0.551. The minimum Gasteiger partial charge on any atom is -0.317 e. The molecule has 1 unspecified atom stereocenters. The molecule has 0 saturated carbocycles. The van der Waals surface area contributed by atoms with Crippen molar-refractivity contribution in [2.75, 3.05) is 13.1 Å². The predicted molar refractivity (Wildman–Crippen MR) is 61.0 cm³/mol. The Labute approximate surface area is 84.3 Å². The molecule has 0 amide bonds. The summed E-state index contributed by atoms with van der Waals surface area (Å²) in [5.41, 5.74) is 0.551. The Kier molecular flexibility index (Phi) is 6.40. The van der Waals surface area contributed by atoms with Crippen LogP contribution in [-0.4, -0.2) is 13.1 Å². The van der Waals surface area contributed by atoms with Crippen molar-refractivity contribution in [3.05, 3.63) is 0 Å². The number of rotatable bonds is 7. The first-order valence-electron chi connectivity index (χ1n) is 5.77. The second kappa shape index (κ2) is 6.42. The smallest absolute Gasteiger partial charge is 0.00488 e. The quantitative estimate of drug-likeness (QED) is 0.599. The van der Waals surface area contributed by atoms with E-state index in [2.05, 4.69) is 39.9 Å². The van der Waals surface area contributed by atoms with Crippen molar-refractivity contribution in [2.45, 2.75) is 53.9 Å². The van der Waals surface area contributed by atoms with E-state index in [1.165, 1.54) is 25.8 Å². The van der Waals surface area contributed by atoms with E-state index in [1.54, 1.807) is 0 Å². The lowest BCUT2D eigenvalue weighted by molar-refractivity contribution is 0.185. The van der Waals surface area contributed by atoms with Crippen molar-refractivity contribution < 1.29 is 0 Å². The fourth-order valence-corrected chi connectivity index (χ4v) is 1.67. The van der Waals surface area contributed by atoms with E-state index in [4.69, 9.17) is 0 Å². The van der Waals surface area contributed by atoms with Gasteiger partial charge in [-0.25, -0.2) is 0 Å². The second-order valence-electron chi connectivity index (χ2n) is 4.62. The summed E-state index contributed by atoms with van der Waals surface area (Å²) in [6.07, 6.45) is 3.97. The van der Waals surface area contributed by atoms with Crippen molar-refractivity contribution >= 4 is 0 Å². The largest absolute Gasteiger partial charge is 0.317 e. The number of hydrogen-bond donors (Lipinski definition) is 1. The van der Waals surface area contributed by atoms with Gasteiger partial charge in [-0.05, 0) is 37.3 Å². The molecule has 80 valence electrons. The minimum absolute atomic E-state index is 0.551. The Morgan fingerprint density at radius 3 is 2.23 bits per heavy atom. The van der Waals surface area contributed by atoms with Crippen molar-refractivity contribution in [1.29, 1.82) is 0 Å². The highest BCUT2D eigenvalue weighted by molar-refractivity contribution is 4.76. The van der Waals surface area contributed by atoms with Gasteiger partial charge in [0, 0.05) is 0 Å². The Morgan fingerprint density at radius 2 is 1.85 bits per heavy atom. The van der Waals surface area contributed by atoms with Crippen LogP contribution in [0.4, 0.5) is 0 Å². The normalized spacial score (nSPS) is 16.2. The van der Waals surface area contributed by atoms with Gasteiger partial charge in [0.1, 0.15) is 0 Å². The number of hydrogen-bond acceptors (Lipinski definition) is 1. The van der Waals surface area contributed by atoms with Crippen LogP contribution in [0.5, 0.6) is 0 Å². The maximum atomic E-state index is 3.38. The van der Waals surface area contributed by atoms with Crippen LogP contribution in [0.2, 0.25) is 0 Å². The zero-order valence-corrected chi connectivity index (χ0v) is 10.1. The molecule has 0 aromatic carbocycles. The van der Waals surface area contributed by atoms with Gasteiger partial charge in [-0.2, -0.15) is 0 Å². The van der Waals surface area contributed by atoms with Crippen LogP contribution in [0.1, 0.15) is 53.9 Å². The predicted octanol–water partition coefficient (Wildman–Crippen LogP) is 3.45. The molecule has 1 heteroatoms. The first kappa shape index (κ1) is 13.0. The Bertz CT molecular complexity index is 120. The lowest BCUT2D eigenvalue weighted by Gasteiger charge is -2.32. The van der Waals surface area contributed by atoms with Crippen LogP contribution in [0, 0.1) is 11.3 Å². The summed E-state index contributed by atoms with van der Waals surface area (Å²) >= 11 is 0. The summed E-state index contributed by atoms with van der Waals surface area (Å²) in [4.78, 5) is 0. The average Bonchev–Trinajstić information content (AvgIpc) is 2.12. The van der Waals surface area contributed by atoms with Crippen LogP contribution in [0.3, 0.4) is 0 Å². The number of nitrogens with one attached hydrogen (secondary N) is 1. The van der Waals surface area contributed by atoms with Crippen molar-refractivity contribution in [2.24, 2.45) is 11.3 Å². The van der Waals surface area contributed by atoms with Crippen LogP contribution in [0.15, 0.2) is 0 Å². The first-order valence-corrected chi connectivity index (χ1v) is 5.77. The molecule has 0 aliphatic heterocycles. The molecular weight excluding hydrogens is 158 g/mol. The van der Waals surface area contributed by atoms with Crippen LogP contribution in [0.25, 0.3) is 0 Å². The van der Waals surface area contributed by atoms with Gasteiger partial charge in [0.2, 0.25) is 0 Å². The summed E-state index contributed by atoms with van der Waals surface area (Å²) in [5, 5.41) is 3.38. The van der Waals surface area contributed by atoms with Gasteiger partial charge in [-0.3, -0.25) is 0 Å². The third kappa shape index (κ3) is 4.66. The molecule has 0 spiro atoms. The molecule has 0 fully saturated rings. The average molecular weight is 185 g/mol. The highest BCUT2D eigenvalue weighted by Crippen LogP contribution is 2.35. The maximum absolute atomic E-state index is 3.38.